The van der Waals surface area contributed by atoms with E-state index in [0.717, 1.165) is 19.4 Å². The minimum atomic E-state index is -0.766. The molecule has 1 N–H and O–H groups in total. The van der Waals surface area contributed by atoms with E-state index in [0.29, 0.717) is 0 Å². The molecule has 1 rings (SSSR count). The number of halogens is 1. The van der Waals surface area contributed by atoms with Gasteiger partial charge in [0, 0.05) is 0 Å². The number of carboxylic acid groups (broad SMARTS) is 1. The lowest BCUT2D eigenvalue weighted by atomic mass is 10.1. The predicted molar refractivity (Wildman–Crippen MR) is 67.1 cm³/mol. The standard InChI is InChI=1S/C12H17NO2.ClH/c1-13(10-12(14)15)9-5-8-11-6-3-2-4-7-11;/h2-4,6-7H,5,8-10H2,1H3,(H,14,15);1H. The van der Waals surface area contributed by atoms with E-state index in [1.54, 1.807) is 0 Å². The minimum absolute atomic E-state index is 0. The third kappa shape index (κ3) is 6.43. The van der Waals surface area contributed by atoms with Crippen LogP contribution in [0.3, 0.4) is 0 Å². The van der Waals surface area contributed by atoms with Gasteiger partial charge in [0.25, 0.3) is 0 Å². The Bertz CT molecular complexity index is 303. The van der Waals surface area contributed by atoms with Crippen LogP contribution in [0.15, 0.2) is 30.3 Å². The van der Waals surface area contributed by atoms with E-state index in [1.807, 2.05) is 30.1 Å². The molecule has 0 saturated heterocycles. The molecule has 0 saturated carbocycles. The molecule has 3 nitrogen and oxygen atoms in total. The second kappa shape index (κ2) is 8.13. The van der Waals surface area contributed by atoms with Gasteiger partial charge in [-0.05, 0) is 32.0 Å². The van der Waals surface area contributed by atoms with Crippen molar-refractivity contribution in [1.29, 1.82) is 0 Å². The summed E-state index contributed by atoms with van der Waals surface area (Å²) in [6.45, 7) is 0.940. The highest BCUT2D eigenvalue weighted by atomic mass is 35.5. The van der Waals surface area contributed by atoms with Gasteiger partial charge in [-0.2, -0.15) is 0 Å². The van der Waals surface area contributed by atoms with Crippen molar-refractivity contribution < 1.29 is 9.90 Å². The molecule has 0 aromatic heterocycles. The molecule has 90 valence electrons. The smallest absolute Gasteiger partial charge is 0.317 e. The van der Waals surface area contributed by atoms with Gasteiger partial charge in [-0.1, -0.05) is 30.3 Å². The van der Waals surface area contributed by atoms with Gasteiger partial charge in [0.1, 0.15) is 0 Å². The van der Waals surface area contributed by atoms with Gasteiger partial charge in [0.15, 0.2) is 0 Å². The van der Waals surface area contributed by atoms with Crippen LogP contribution in [0.5, 0.6) is 0 Å². The summed E-state index contributed by atoms with van der Waals surface area (Å²) in [6, 6.07) is 10.2. The maximum Gasteiger partial charge on any atom is 0.317 e. The molecule has 0 unspecified atom stereocenters. The third-order valence-corrected chi connectivity index (χ3v) is 2.25. The quantitative estimate of drug-likeness (QED) is 0.832. The average molecular weight is 244 g/mol. The van der Waals surface area contributed by atoms with E-state index in [1.165, 1.54) is 5.56 Å². The van der Waals surface area contributed by atoms with Gasteiger partial charge >= 0.3 is 5.97 Å². The first kappa shape index (κ1) is 14.9. The van der Waals surface area contributed by atoms with Crippen LogP contribution in [0.2, 0.25) is 0 Å². The van der Waals surface area contributed by atoms with E-state index in [-0.39, 0.29) is 19.0 Å². The fourth-order valence-electron chi connectivity index (χ4n) is 1.51. The van der Waals surface area contributed by atoms with Crippen molar-refractivity contribution in [2.45, 2.75) is 12.8 Å². The molecule has 0 atom stereocenters. The highest BCUT2D eigenvalue weighted by molar-refractivity contribution is 5.85. The van der Waals surface area contributed by atoms with Crippen LogP contribution in [0.4, 0.5) is 0 Å². The summed E-state index contributed by atoms with van der Waals surface area (Å²) in [5, 5.41) is 8.56. The molecule has 0 amide bonds. The molecule has 0 bridgehead atoms. The second-order valence-electron chi connectivity index (χ2n) is 3.72. The van der Waals surface area contributed by atoms with Crippen LogP contribution in [0.1, 0.15) is 12.0 Å². The first-order valence-electron chi connectivity index (χ1n) is 5.13. The number of nitrogens with zero attached hydrogens (tertiary/aromatic N) is 1. The molecule has 0 aliphatic carbocycles. The summed E-state index contributed by atoms with van der Waals surface area (Å²) >= 11 is 0. The lowest BCUT2D eigenvalue weighted by Gasteiger charge is -2.13. The summed E-state index contributed by atoms with van der Waals surface area (Å²) in [4.78, 5) is 12.2. The molecule has 0 fully saturated rings. The maximum atomic E-state index is 10.4. The fourth-order valence-corrected chi connectivity index (χ4v) is 1.51. The van der Waals surface area contributed by atoms with Crippen LogP contribution in [-0.4, -0.2) is 36.1 Å². The van der Waals surface area contributed by atoms with Crippen LogP contribution in [0, 0.1) is 0 Å². The molecule has 0 spiro atoms. The SMILES string of the molecule is CN(CCCc1ccccc1)CC(=O)O.Cl. The number of aliphatic carboxylic acids is 1. The van der Waals surface area contributed by atoms with E-state index < -0.39 is 5.97 Å². The van der Waals surface area contributed by atoms with Crippen molar-refractivity contribution in [3.8, 4) is 0 Å². The van der Waals surface area contributed by atoms with Gasteiger partial charge in [0.2, 0.25) is 0 Å². The minimum Gasteiger partial charge on any atom is -0.480 e. The number of hydrogen-bond acceptors (Lipinski definition) is 2. The lowest BCUT2D eigenvalue weighted by molar-refractivity contribution is -0.137. The largest absolute Gasteiger partial charge is 0.480 e. The average Bonchev–Trinajstić information content (AvgIpc) is 2.18. The van der Waals surface area contributed by atoms with Crippen LogP contribution >= 0.6 is 12.4 Å². The molecule has 0 radical (unpaired) electrons. The summed E-state index contributed by atoms with van der Waals surface area (Å²) in [5.74, 6) is -0.766. The van der Waals surface area contributed by atoms with Gasteiger partial charge < -0.3 is 5.11 Å². The molecular formula is C12H18ClNO2. The summed E-state index contributed by atoms with van der Waals surface area (Å²) in [5.41, 5.74) is 1.31. The van der Waals surface area contributed by atoms with E-state index in [2.05, 4.69) is 12.1 Å². The fraction of sp³-hybridized carbons (Fsp3) is 0.417. The summed E-state index contributed by atoms with van der Waals surface area (Å²) < 4.78 is 0. The first-order chi connectivity index (χ1) is 7.18. The maximum absolute atomic E-state index is 10.4. The number of carbonyl (C=O) groups is 1. The van der Waals surface area contributed by atoms with Crippen molar-refractivity contribution in [3.05, 3.63) is 35.9 Å². The molecular weight excluding hydrogens is 226 g/mol. The Labute approximate surface area is 102 Å². The van der Waals surface area contributed by atoms with Crippen LogP contribution < -0.4 is 0 Å². The first-order valence-corrected chi connectivity index (χ1v) is 5.13. The Morgan fingerprint density at radius 1 is 1.31 bits per heavy atom. The molecule has 0 aliphatic rings. The Balaban J connectivity index is 0.00000225. The van der Waals surface area contributed by atoms with Crippen molar-refractivity contribution in [2.24, 2.45) is 0 Å². The molecule has 0 heterocycles. The Morgan fingerprint density at radius 2 is 1.94 bits per heavy atom. The normalized spacial score (nSPS) is 9.88. The Kier molecular flexibility index (Phi) is 7.60. The summed E-state index contributed by atoms with van der Waals surface area (Å²) in [7, 11) is 1.83. The zero-order valence-electron chi connectivity index (χ0n) is 9.43. The molecule has 0 aliphatic heterocycles. The monoisotopic (exact) mass is 243 g/mol. The van der Waals surface area contributed by atoms with Crippen LogP contribution in [0.25, 0.3) is 0 Å². The van der Waals surface area contributed by atoms with Gasteiger partial charge in [-0.3, -0.25) is 9.69 Å². The number of benzene rings is 1. The van der Waals surface area contributed by atoms with Crippen molar-refractivity contribution in [3.63, 3.8) is 0 Å². The van der Waals surface area contributed by atoms with Crippen molar-refractivity contribution >= 4 is 18.4 Å². The number of rotatable bonds is 6. The topological polar surface area (TPSA) is 40.5 Å². The number of likely N-dealkylation sites (N-methyl/N-ethyl adjacent to an activating group) is 1. The van der Waals surface area contributed by atoms with Gasteiger partial charge in [-0.15, -0.1) is 12.4 Å². The number of hydrogen-bond donors (Lipinski definition) is 1. The Morgan fingerprint density at radius 3 is 2.50 bits per heavy atom. The second-order valence-corrected chi connectivity index (χ2v) is 3.72. The van der Waals surface area contributed by atoms with E-state index >= 15 is 0 Å². The Hall–Kier alpha value is -1.06. The highest BCUT2D eigenvalue weighted by Gasteiger charge is 2.03. The van der Waals surface area contributed by atoms with E-state index in [4.69, 9.17) is 5.11 Å². The molecule has 1 aromatic rings. The van der Waals surface area contributed by atoms with Gasteiger partial charge in [0.05, 0.1) is 6.54 Å². The van der Waals surface area contributed by atoms with Crippen molar-refractivity contribution in [2.75, 3.05) is 20.1 Å². The number of aryl methyl sites for hydroxylation is 1. The zero-order valence-corrected chi connectivity index (χ0v) is 10.2. The predicted octanol–water partition coefficient (Wildman–Crippen LogP) is 2.06. The van der Waals surface area contributed by atoms with Crippen molar-refractivity contribution in [1.82, 2.24) is 4.90 Å². The third-order valence-electron chi connectivity index (χ3n) is 2.25. The summed E-state index contributed by atoms with van der Waals surface area (Å²) in [6.07, 6.45) is 2.00. The van der Waals surface area contributed by atoms with Gasteiger partial charge in [-0.25, -0.2) is 0 Å². The molecule has 16 heavy (non-hydrogen) atoms. The number of carboxylic acids is 1. The lowest BCUT2D eigenvalue weighted by Crippen LogP contribution is -2.26. The zero-order chi connectivity index (χ0) is 11.1. The highest BCUT2D eigenvalue weighted by Crippen LogP contribution is 2.02. The van der Waals surface area contributed by atoms with Crippen LogP contribution in [-0.2, 0) is 11.2 Å². The van der Waals surface area contributed by atoms with E-state index in [9.17, 15) is 4.79 Å². The molecule has 4 heteroatoms. The molecule has 1 aromatic carbocycles.